The fourth-order valence-electron chi connectivity index (χ4n) is 2.23. The molecular formula is C18H11Cl3N4O2. The van der Waals surface area contributed by atoms with E-state index in [1.165, 1.54) is 24.5 Å². The average molecular weight is 422 g/mol. The molecule has 0 saturated heterocycles. The second-order valence-electron chi connectivity index (χ2n) is 5.27. The van der Waals surface area contributed by atoms with Gasteiger partial charge in [-0.3, -0.25) is 20.4 Å². The standard InChI is InChI=1S/C18H11Cl3N4O2/c19-11-5-2-1-4-10(11)14-8-23-15(9-22-14)24-18(27)25-17(26)16-12(20)6-3-7-13(16)21/h1-9H,(H2,23,24,25,26,27). The van der Waals surface area contributed by atoms with Crippen molar-refractivity contribution in [2.24, 2.45) is 0 Å². The number of hydrogen-bond donors (Lipinski definition) is 2. The molecule has 3 aromatic rings. The van der Waals surface area contributed by atoms with E-state index >= 15 is 0 Å². The summed E-state index contributed by atoms with van der Waals surface area (Å²) in [5, 5.41) is 5.35. The molecule has 0 spiro atoms. The Hall–Kier alpha value is -2.67. The molecule has 0 atom stereocenters. The minimum absolute atomic E-state index is 0.0103. The Morgan fingerprint density at radius 2 is 1.48 bits per heavy atom. The van der Waals surface area contributed by atoms with Gasteiger partial charge in [0.15, 0.2) is 5.82 Å². The number of carbonyl (C=O) groups excluding carboxylic acids is 2. The molecule has 9 heteroatoms. The van der Waals surface area contributed by atoms with Gasteiger partial charge in [0.25, 0.3) is 5.91 Å². The molecule has 3 amide bonds. The van der Waals surface area contributed by atoms with Crippen LogP contribution in [0.3, 0.4) is 0 Å². The van der Waals surface area contributed by atoms with E-state index in [-0.39, 0.29) is 21.4 Å². The van der Waals surface area contributed by atoms with Crippen LogP contribution >= 0.6 is 34.8 Å². The highest BCUT2D eigenvalue weighted by molar-refractivity contribution is 6.40. The topological polar surface area (TPSA) is 84.0 Å². The van der Waals surface area contributed by atoms with Crippen LogP contribution in [0.1, 0.15) is 10.4 Å². The first-order valence-electron chi connectivity index (χ1n) is 7.59. The average Bonchev–Trinajstić information content (AvgIpc) is 2.62. The molecule has 2 N–H and O–H groups in total. The Balaban J connectivity index is 1.68. The summed E-state index contributed by atoms with van der Waals surface area (Å²) in [6, 6.07) is 11.0. The Bertz CT molecular complexity index is 989. The van der Waals surface area contributed by atoms with Gasteiger partial charge < -0.3 is 0 Å². The van der Waals surface area contributed by atoms with Crippen molar-refractivity contribution in [3.63, 3.8) is 0 Å². The lowest BCUT2D eigenvalue weighted by atomic mass is 10.2. The predicted octanol–water partition coefficient (Wildman–Crippen LogP) is 5.07. The summed E-state index contributed by atoms with van der Waals surface area (Å²) in [7, 11) is 0. The van der Waals surface area contributed by atoms with Gasteiger partial charge in [0, 0.05) is 5.56 Å². The van der Waals surface area contributed by atoms with Gasteiger partial charge in [-0.1, -0.05) is 59.1 Å². The molecule has 0 unspecified atom stereocenters. The highest BCUT2D eigenvalue weighted by Crippen LogP contribution is 2.26. The van der Waals surface area contributed by atoms with Gasteiger partial charge in [0.05, 0.1) is 38.7 Å². The van der Waals surface area contributed by atoms with Crippen LogP contribution < -0.4 is 10.6 Å². The summed E-state index contributed by atoms with van der Waals surface area (Å²) in [6.45, 7) is 0. The van der Waals surface area contributed by atoms with Crippen molar-refractivity contribution in [1.29, 1.82) is 0 Å². The summed E-state index contributed by atoms with van der Waals surface area (Å²) in [5.74, 6) is -0.579. The number of aromatic nitrogens is 2. The largest absolute Gasteiger partial charge is 0.327 e. The van der Waals surface area contributed by atoms with Crippen molar-refractivity contribution >= 4 is 52.6 Å². The number of hydrogen-bond acceptors (Lipinski definition) is 4. The van der Waals surface area contributed by atoms with Crippen molar-refractivity contribution in [3.8, 4) is 11.3 Å². The number of amides is 3. The van der Waals surface area contributed by atoms with Crippen LogP contribution in [-0.4, -0.2) is 21.9 Å². The first kappa shape index (κ1) is 19.1. The van der Waals surface area contributed by atoms with E-state index in [2.05, 4.69) is 20.6 Å². The predicted molar refractivity (Wildman–Crippen MR) is 105 cm³/mol. The molecule has 0 aliphatic heterocycles. The number of halogens is 3. The minimum Gasteiger partial charge on any atom is -0.291 e. The first-order chi connectivity index (χ1) is 13.0. The number of imide groups is 1. The number of anilines is 1. The molecule has 136 valence electrons. The monoisotopic (exact) mass is 420 g/mol. The Morgan fingerprint density at radius 3 is 2.11 bits per heavy atom. The summed E-state index contributed by atoms with van der Waals surface area (Å²) in [6.07, 6.45) is 2.81. The van der Waals surface area contributed by atoms with Crippen molar-refractivity contribution < 1.29 is 9.59 Å². The molecule has 0 aliphatic carbocycles. The van der Waals surface area contributed by atoms with Crippen LogP contribution in [-0.2, 0) is 0 Å². The molecule has 0 saturated carbocycles. The zero-order valence-electron chi connectivity index (χ0n) is 13.5. The Labute approximate surface area is 169 Å². The van der Waals surface area contributed by atoms with Gasteiger partial charge in [-0.15, -0.1) is 0 Å². The van der Waals surface area contributed by atoms with Gasteiger partial charge in [-0.05, 0) is 18.2 Å². The van der Waals surface area contributed by atoms with E-state index < -0.39 is 11.9 Å². The van der Waals surface area contributed by atoms with E-state index in [0.29, 0.717) is 16.3 Å². The zero-order chi connectivity index (χ0) is 19.4. The number of benzene rings is 2. The van der Waals surface area contributed by atoms with Crippen LogP contribution in [0, 0.1) is 0 Å². The second-order valence-corrected chi connectivity index (χ2v) is 6.49. The van der Waals surface area contributed by atoms with Crippen molar-refractivity contribution in [2.45, 2.75) is 0 Å². The van der Waals surface area contributed by atoms with Gasteiger partial charge in [-0.2, -0.15) is 0 Å². The highest BCUT2D eigenvalue weighted by atomic mass is 35.5. The molecule has 0 radical (unpaired) electrons. The number of nitrogens with one attached hydrogen (secondary N) is 2. The minimum atomic E-state index is -0.796. The third-order valence-electron chi connectivity index (χ3n) is 3.46. The summed E-state index contributed by atoms with van der Waals surface area (Å²) in [4.78, 5) is 32.5. The molecule has 0 aliphatic rings. The van der Waals surface area contributed by atoms with Crippen LogP contribution in [0.25, 0.3) is 11.3 Å². The normalized spacial score (nSPS) is 10.3. The number of nitrogens with zero attached hydrogens (tertiary/aromatic N) is 2. The molecule has 27 heavy (non-hydrogen) atoms. The molecule has 1 aromatic heterocycles. The van der Waals surface area contributed by atoms with E-state index in [4.69, 9.17) is 34.8 Å². The third kappa shape index (κ3) is 4.54. The molecule has 1 heterocycles. The number of carbonyl (C=O) groups is 2. The number of urea groups is 1. The van der Waals surface area contributed by atoms with Crippen LogP contribution in [0.5, 0.6) is 0 Å². The van der Waals surface area contributed by atoms with Gasteiger partial charge in [0.2, 0.25) is 0 Å². The van der Waals surface area contributed by atoms with Gasteiger partial charge in [0.1, 0.15) is 0 Å². The lowest BCUT2D eigenvalue weighted by molar-refractivity contribution is 0.0967. The summed E-state index contributed by atoms with van der Waals surface area (Å²) in [5.41, 5.74) is 1.27. The molecule has 0 fully saturated rings. The summed E-state index contributed by atoms with van der Waals surface area (Å²) < 4.78 is 0. The van der Waals surface area contributed by atoms with Crippen molar-refractivity contribution in [2.75, 3.05) is 5.32 Å². The van der Waals surface area contributed by atoms with E-state index in [9.17, 15) is 9.59 Å². The van der Waals surface area contributed by atoms with Gasteiger partial charge >= 0.3 is 6.03 Å². The maximum absolute atomic E-state index is 12.2. The van der Waals surface area contributed by atoms with Crippen LogP contribution in [0.2, 0.25) is 15.1 Å². The first-order valence-corrected chi connectivity index (χ1v) is 8.72. The smallest absolute Gasteiger partial charge is 0.291 e. The van der Waals surface area contributed by atoms with E-state index in [1.54, 1.807) is 18.2 Å². The Morgan fingerprint density at radius 1 is 0.815 bits per heavy atom. The van der Waals surface area contributed by atoms with E-state index in [0.717, 1.165) is 0 Å². The zero-order valence-corrected chi connectivity index (χ0v) is 15.8. The molecular weight excluding hydrogens is 411 g/mol. The lowest BCUT2D eigenvalue weighted by Gasteiger charge is -2.09. The molecule has 2 aromatic carbocycles. The van der Waals surface area contributed by atoms with Crippen molar-refractivity contribution in [1.82, 2.24) is 15.3 Å². The second kappa shape index (κ2) is 8.35. The van der Waals surface area contributed by atoms with Crippen molar-refractivity contribution in [3.05, 3.63) is 75.5 Å². The summed E-state index contributed by atoms with van der Waals surface area (Å²) >= 11 is 18.0. The van der Waals surface area contributed by atoms with Crippen LogP contribution in [0.4, 0.5) is 10.6 Å². The molecule has 0 bridgehead atoms. The molecule has 3 rings (SSSR count). The van der Waals surface area contributed by atoms with E-state index in [1.807, 2.05) is 12.1 Å². The maximum Gasteiger partial charge on any atom is 0.327 e. The quantitative estimate of drug-likeness (QED) is 0.618. The fraction of sp³-hybridized carbons (Fsp3) is 0. The number of rotatable bonds is 3. The molecule has 6 nitrogen and oxygen atoms in total. The third-order valence-corrected chi connectivity index (χ3v) is 4.42. The van der Waals surface area contributed by atoms with Gasteiger partial charge in [-0.25, -0.2) is 9.78 Å². The Kier molecular flexibility index (Phi) is 5.91. The fourth-order valence-corrected chi connectivity index (χ4v) is 3.03. The SMILES string of the molecule is O=C(NC(=O)c1c(Cl)cccc1Cl)Nc1cnc(-c2ccccc2Cl)cn1. The van der Waals surface area contributed by atoms with Crippen LogP contribution in [0.15, 0.2) is 54.9 Å². The highest BCUT2D eigenvalue weighted by Gasteiger charge is 2.17. The maximum atomic E-state index is 12.2. The lowest BCUT2D eigenvalue weighted by Crippen LogP contribution is -2.35.